The number of nitrogens with one attached hydrogen (secondary N) is 1. The molecule has 0 fully saturated rings. The molecule has 0 bridgehead atoms. The van der Waals surface area contributed by atoms with Crippen LogP contribution in [0.1, 0.15) is 19.8 Å². The fourth-order valence-electron chi connectivity index (χ4n) is 1.16. The van der Waals surface area contributed by atoms with E-state index in [1.165, 1.54) is 6.33 Å². The molecule has 1 unspecified atom stereocenters. The molecular weight excluding hydrogens is 216 g/mol. The Balaban J connectivity index is 2.54. The molecule has 0 aromatic carbocycles. The maximum Gasteiger partial charge on any atom is 0.157 e. The fourth-order valence-corrected chi connectivity index (χ4v) is 1.30. The maximum absolute atomic E-state index is 9.49. The molecule has 0 saturated carbocycles. The van der Waals surface area contributed by atoms with Crippen LogP contribution in [-0.2, 0) is 0 Å². The lowest BCUT2D eigenvalue weighted by Crippen LogP contribution is -2.20. The van der Waals surface area contributed by atoms with Crippen LogP contribution < -0.4 is 11.1 Å². The quantitative estimate of drug-likeness (QED) is 0.664. The highest BCUT2D eigenvalue weighted by atomic mass is 35.5. The predicted octanol–water partition coefficient (Wildman–Crippen LogP) is 1.29. The fraction of sp³-hybridized carbons (Fsp3) is 0.556. The summed E-state index contributed by atoms with van der Waals surface area (Å²) in [5, 5.41) is 12.6. The lowest BCUT2D eigenvalue weighted by Gasteiger charge is -2.12. The summed E-state index contributed by atoms with van der Waals surface area (Å²) in [7, 11) is 0. The van der Waals surface area contributed by atoms with E-state index in [0.717, 1.165) is 12.8 Å². The zero-order valence-corrected chi connectivity index (χ0v) is 9.33. The van der Waals surface area contributed by atoms with E-state index in [1.54, 1.807) is 0 Å². The first-order chi connectivity index (χ1) is 7.15. The summed E-state index contributed by atoms with van der Waals surface area (Å²) in [6, 6.07) is 0. The van der Waals surface area contributed by atoms with Gasteiger partial charge in [0.1, 0.15) is 12.0 Å². The average molecular weight is 231 g/mol. The van der Waals surface area contributed by atoms with E-state index in [1.807, 2.05) is 6.92 Å². The van der Waals surface area contributed by atoms with Crippen LogP contribution in [0.25, 0.3) is 0 Å². The van der Waals surface area contributed by atoms with Gasteiger partial charge in [-0.3, -0.25) is 0 Å². The first-order valence-electron chi connectivity index (χ1n) is 4.83. The van der Waals surface area contributed by atoms with Crippen molar-refractivity contribution in [1.29, 1.82) is 0 Å². The number of halogens is 1. The Kier molecular flexibility index (Phi) is 4.58. The summed E-state index contributed by atoms with van der Waals surface area (Å²) < 4.78 is 0. The van der Waals surface area contributed by atoms with Gasteiger partial charge in [0.2, 0.25) is 0 Å². The van der Waals surface area contributed by atoms with Gasteiger partial charge in [-0.25, -0.2) is 9.97 Å². The highest BCUT2D eigenvalue weighted by Gasteiger charge is 2.07. The van der Waals surface area contributed by atoms with Crippen molar-refractivity contribution >= 4 is 23.1 Å². The van der Waals surface area contributed by atoms with E-state index >= 15 is 0 Å². The lowest BCUT2D eigenvalue weighted by molar-refractivity contribution is 0.176. The van der Waals surface area contributed by atoms with Gasteiger partial charge in [-0.15, -0.1) is 0 Å². The van der Waals surface area contributed by atoms with Crippen LogP contribution in [0, 0.1) is 0 Å². The van der Waals surface area contributed by atoms with Crippen molar-refractivity contribution in [2.45, 2.75) is 25.9 Å². The Labute approximate surface area is 93.7 Å². The van der Waals surface area contributed by atoms with E-state index in [9.17, 15) is 5.11 Å². The summed E-state index contributed by atoms with van der Waals surface area (Å²) in [6.07, 6.45) is 2.60. The smallest absolute Gasteiger partial charge is 0.157 e. The number of aliphatic hydroxyl groups excluding tert-OH is 1. The summed E-state index contributed by atoms with van der Waals surface area (Å²) in [5.74, 6) is 0.463. The first kappa shape index (κ1) is 12.0. The highest BCUT2D eigenvalue weighted by Crippen LogP contribution is 2.21. The van der Waals surface area contributed by atoms with Crippen molar-refractivity contribution in [2.75, 3.05) is 17.6 Å². The number of nitrogen functional groups attached to an aromatic ring is 1. The van der Waals surface area contributed by atoms with E-state index in [4.69, 9.17) is 17.3 Å². The molecule has 0 aliphatic carbocycles. The SMILES string of the molecule is CCCC(O)CNc1ncnc(Cl)c1N. The second-order valence-corrected chi connectivity index (χ2v) is 3.61. The van der Waals surface area contributed by atoms with Gasteiger partial charge in [-0.1, -0.05) is 24.9 Å². The summed E-state index contributed by atoms with van der Waals surface area (Å²) in [4.78, 5) is 7.66. The van der Waals surface area contributed by atoms with Gasteiger partial charge in [0.15, 0.2) is 11.0 Å². The Morgan fingerprint density at radius 3 is 3.00 bits per heavy atom. The molecule has 0 aliphatic rings. The topological polar surface area (TPSA) is 84.1 Å². The van der Waals surface area contributed by atoms with E-state index < -0.39 is 6.10 Å². The van der Waals surface area contributed by atoms with Crippen LogP contribution in [0.3, 0.4) is 0 Å². The number of nitrogens with two attached hydrogens (primary N) is 1. The number of hydrogen-bond acceptors (Lipinski definition) is 5. The van der Waals surface area contributed by atoms with Crippen molar-refractivity contribution in [3.05, 3.63) is 11.5 Å². The Morgan fingerprint density at radius 2 is 2.33 bits per heavy atom. The van der Waals surface area contributed by atoms with Crippen LogP contribution in [0.4, 0.5) is 11.5 Å². The normalized spacial score (nSPS) is 12.5. The molecule has 1 aromatic heterocycles. The molecule has 4 N–H and O–H groups in total. The number of aromatic nitrogens is 2. The number of aliphatic hydroxyl groups is 1. The van der Waals surface area contributed by atoms with Crippen molar-refractivity contribution < 1.29 is 5.11 Å². The number of rotatable bonds is 5. The van der Waals surface area contributed by atoms with Crippen molar-refractivity contribution in [1.82, 2.24) is 9.97 Å². The van der Waals surface area contributed by atoms with Crippen LogP contribution in [-0.4, -0.2) is 27.7 Å². The molecule has 1 aromatic rings. The first-order valence-corrected chi connectivity index (χ1v) is 5.20. The standard InChI is InChI=1S/C9H15ClN4O/c1-2-3-6(15)4-12-9-7(11)8(10)13-5-14-9/h5-6,15H,2-4,11H2,1H3,(H,12,13,14). The molecule has 1 heterocycles. The minimum atomic E-state index is -0.400. The third-order valence-electron chi connectivity index (χ3n) is 1.96. The Morgan fingerprint density at radius 1 is 1.60 bits per heavy atom. The van der Waals surface area contributed by atoms with Crippen LogP contribution in [0.2, 0.25) is 5.15 Å². The lowest BCUT2D eigenvalue weighted by atomic mass is 10.2. The molecular formula is C9H15ClN4O. The van der Waals surface area contributed by atoms with E-state index in [2.05, 4.69) is 15.3 Å². The van der Waals surface area contributed by atoms with Crippen LogP contribution >= 0.6 is 11.6 Å². The highest BCUT2D eigenvalue weighted by molar-refractivity contribution is 6.32. The number of nitrogens with zero attached hydrogens (tertiary/aromatic N) is 2. The van der Waals surface area contributed by atoms with Gasteiger partial charge in [0, 0.05) is 6.54 Å². The van der Waals surface area contributed by atoms with Gasteiger partial charge in [-0.05, 0) is 6.42 Å². The predicted molar refractivity (Wildman–Crippen MR) is 60.9 cm³/mol. The van der Waals surface area contributed by atoms with Crippen molar-refractivity contribution in [3.8, 4) is 0 Å². The molecule has 1 rings (SSSR count). The molecule has 1 atom stereocenters. The molecule has 0 radical (unpaired) electrons. The zero-order chi connectivity index (χ0) is 11.3. The van der Waals surface area contributed by atoms with Crippen molar-refractivity contribution in [3.63, 3.8) is 0 Å². The molecule has 5 nitrogen and oxygen atoms in total. The molecule has 15 heavy (non-hydrogen) atoms. The summed E-state index contributed by atoms with van der Waals surface area (Å²) >= 11 is 5.71. The third-order valence-corrected chi connectivity index (χ3v) is 2.26. The number of hydrogen-bond donors (Lipinski definition) is 3. The van der Waals surface area contributed by atoms with Gasteiger partial charge >= 0.3 is 0 Å². The maximum atomic E-state index is 9.49. The molecule has 84 valence electrons. The van der Waals surface area contributed by atoms with E-state index in [0.29, 0.717) is 18.1 Å². The van der Waals surface area contributed by atoms with Crippen molar-refractivity contribution in [2.24, 2.45) is 0 Å². The molecule has 0 spiro atoms. The minimum absolute atomic E-state index is 0.220. The Hall–Kier alpha value is -1.07. The van der Waals surface area contributed by atoms with Gasteiger partial charge in [0.25, 0.3) is 0 Å². The minimum Gasteiger partial charge on any atom is -0.393 e. The van der Waals surface area contributed by atoms with Gasteiger partial charge < -0.3 is 16.2 Å². The molecule has 6 heteroatoms. The van der Waals surface area contributed by atoms with Crippen LogP contribution in [0.5, 0.6) is 0 Å². The van der Waals surface area contributed by atoms with Crippen LogP contribution in [0.15, 0.2) is 6.33 Å². The second kappa shape index (κ2) is 5.72. The monoisotopic (exact) mass is 230 g/mol. The zero-order valence-electron chi connectivity index (χ0n) is 8.57. The van der Waals surface area contributed by atoms with Gasteiger partial charge in [-0.2, -0.15) is 0 Å². The number of anilines is 2. The summed E-state index contributed by atoms with van der Waals surface area (Å²) in [5.41, 5.74) is 5.95. The second-order valence-electron chi connectivity index (χ2n) is 3.25. The molecule has 0 saturated heterocycles. The van der Waals surface area contributed by atoms with Gasteiger partial charge in [0.05, 0.1) is 6.10 Å². The Bertz CT molecular complexity index is 321. The largest absolute Gasteiger partial charge is 0.393 e. The third kappa shape index (κ3) is 3.53. The summed E-state index contributed by atoms with van der Waals surface area (Å²) in [6.45, 7) is 2.42. The molecule has 0 amide bonds. The average Bonchev–Trinajstić information content (AvgIpc) is 2.21. The molecule has 0 aliphatic heterocycles. The van der Waals surface area contributed by atoms with E-state index in [-0.39, 0.29) is 5.15 Å².